The molecule has 19 heavy (non-hydrogen) atoms. The Bertz CT molecular complexity index is 492. The van der Waals surface area contributed by atoms with Gasteiger partial charge in [0.2, 0.25) is 5.82 Å². The Hall–Kier alpha value is -2.06. The zero-order valence-corrected chi connectivity index (χ0v) is 9.95. The molecule has 0 bridgehead atoms. The molecule has 0 radical (unpaired) electrons. The van der Waals surface area contributed by atoms with Crippen molar-refractivity contribution in [2.24, 2.45) is 0 Å². The molecule has 2 unspecified atom stereocenters. The van der Waals surface area contributed by atoms with Gasteiger partial charge in [0.1, 0.15) is 6.10 Å². The topological polar surface area (TPSA) is 110 Å². The Morgan fingerprint density at radius 1 is 1.53 bits per heavy atom. The minimum Gasteiger partial charge on any atom is -0.464 e. The number of nitro benzene ring substituents is 1. The normalized spacial score (nSPS) is 13.7. The van der Waals surface area contributed by atoms with E-state index in [0.717, 1.165) is 18.2 Å². The van der Waals surface area contributed by atoms with Crippen LogP contribution in [0.2, 0.25) is 0 Å². The molecule has 1 aromatic rings. The first-order chi connectivity index (χ1) is 8.90. The molecule has 0 saturated heterocycles. The fourth-order valence-corrected chi connectivity index (χ4v) is 1.43. The largest absolute Gasteiger partial charge is 0.464 e. The summed E-state index contributed by atoms with van der Waals surface area (Å²) in [6, 6.07) is 3.08. The summed E-state index contributed by atoms with van der Waals surface area (Å²) in [5, 5.41) is 29.7. The molecular formula is C11H12FNO6. The van der Waals surface area contributed by atoms with Crippen molar-refractivity contribution in [1.82, 2.24) is 0 Å². The Labute approximate surface area is 107 Å². The minimum absolute atomic E-state index is 0.0277. The van der Waals surface area contributed by atoms with Crippen LogP contribution in [-0.4, -0.2) is 33.8 Å². The summed E-state index contributed by atoms with van der Waals surface area (Å²) in [7, 11) is 0. The number of rotatable bonds is 5. The highest BCUT2D eigenvalue weighted by atomic mass is 19.1. The van der Waals surface area contributed by atoms with Crippen LogP contribution >= 0.6 is 0 Å². The summed E-state index contributed by atoms with van der Waals surface area (Å²) >= 11 is 0. The van der Waals surface area contributed by atoms with E-state index in [1.54, 1.807) is 0 Å². The van der Waals surface area contributed by atoms with Crippen LogP contribution in [0.4, 0.5) is 10.1 Å². The van der Waals surface area contributed by atoms with Gasteiger partial charge < -0.3 is 14.9 Å². The third-order valence-electron chi connectivity index (χ3n) is 2.35. The molecule has 1 rings (SSSR count). The van der Waals surface area contributed by atoms with Crippen molar-refractivity contribution in [1.29, 1.82) is 0 Å². The van der Waals surface area contributed by atoms with Gasteiger partial charge in [-0.25, -0.2) is 4.79 Å². The second-order valence-electron chi connectivity index (χ2n) is 3.58. The Morgan fingerprint density at radius 3 is 2.68 bits per heavy atom. The molecule has 0 aliphatic rings. The Balaban J connectivity index is 3.06. The number of halogens is 1. The monoisotopic (exact) mass is 273 g/mol. The van der Waals surface area contributed by atoms with Gasteiger partial charge >= 0.3 is 11.7 Å². The van der Waals surface area contributed by atoms with E-state index in [9.17, 15) is 29.5 Å². The van der Waals surface area contributed by atoms with E-state index in [1.807, 2.05) is 0 Å². The second kappa shape index (κ2) is 6.21. The summed E-state index contributed by atoms with van der Waals surface area (Å²) in [5.41, 5.74) is -1.40. The maximum absolute atomic E-state index is 13.7. The van der Waals surface area contributed by atoms with Crippen LogP contribution in [0.15, 0.2) is 18.2 Å². The van der Waals surface area contributed by atoms with Gasteiger partial charge in [-0.3, -0.25) is 10.1 Å². The quantitative estimate of drug-likeness (QED) is 0.464. The van der Waals surface area contributed by atoms with E-state index in [0.29, 0.717) is 0 Å². The number of carbonyl (C=O) groups excluding carboxylic acids is 1. The van der Waals surface area contributed by atoms with Crippen LogP contribution in [0.3, 0.4) is 0 Å². The van der Waals surface area contributed by atoms with E-state index in [1.165, 1.54) is 6.92 Å². The van der Waals surface area contributed by atoms with Gasteiger partial charge in [-0.05, 0) is 6.92 Å². The number of benzene rings is 1. The molecule has 2 atom stereocenters. The number of carbonyl (C=O) groups is 1. The Morgan fingerprint density at radius 2 is 2.16 bits per heavy atom. The van der Waals surface area contributed by atoms with E-state index in [4.69, 9.17) is 0 Å². The second-order valence-corrected chi connectivity index (χ2v) is 3.58. The number of nitrogens with zero attached hydrogens (tertiary/aromatic N) is 1. The molecule has 0 spiro atoms. The van der Waals surface area contributed by atoms with E-state index in [-0.39, 0.29) is 6.61 Å². The fraction of sp³-hybridized carbons (Fsp3) is 0.364. The van der Waals surface area contributed by atoms with Crippen molar-refractivity contribution < 1.29 is 29.1 Å². The lowest BCUT2D eigenvalue weighted by molar-refractivity contribution is -0.387. The number of esters is 1. The standard InChI is InChI=1S/C11H12FNO6/c1-2-19-11(16)10(15)9(14)6-4-3-5-7(8(6)12)13(17)18/h3-5,9-10,14-15H,2H2,1H3. The van der Waals surface area contributed by atoms with Gasteiger partial charge in [0.15, 0.2) is 6.10 Å². The predicted octanol–water partition coefficient (Wildman–Crippen LogP) is 0.691. The zero-order valence-electron chi connectivity index (χ0n) is 9.95. The molecular weight excluding hydrogens is 261 g/mol. The van der Waals surface area contributed by atoms with Crippen LogP contribution in [0.25, 0.3) is 0 Å². The van der Waals surface area contributed by atoms with Gasteiger partial charge in [-0.2, -0.15) is 4.39 Å². The highest BCUT2D eigenvalue weighted by molar-refractivity contribution is 5.75. The van der Waals surface area contributed by atoms with Crippen molar-refractivity contribution in [2.45, 2.75) is 19.1 Å². The smallest absolute Gasteiger partial charge is 0.338 e. The van der Waals surface area contributed by atoms with Gasteiger partial charge in [0, 0.05) is 11.6 Å². The lowest BCUT2D eigenvalue weighted by Gasteiger charge is -2.17. The lowest BCUT2D eigenvalue weighted by atomic mass is 10.0. The first-order valence-corrected chi connectivity index (χ1v) is 5.35. The summed E-state index contributed by atoms with van der Waals surface area (Å²) in [5.74, 6) is -2.44. The summed E-state index contributed by atoms with van der Waals surface area (Å²) in [6.07, 6.45) is -3.96. The van der Waals surface area contributed by atoms with E-state index >= 15 is 0 Å². The van der Waals surface area contributed by atoms with Crippen LogP contribution < -0.4 is 0 Å². The average Bonchev–Trinajstić information content (AvgIpc) is 2.37. The third-order valence-corrected chi connectivity index (χ3v) is 2.35. The molecule has 1 aromatic carbocycles. The minimum atomic E-state index is -2.02. The number of aliphatic hydroxyl groups excluding tert-OH is 2. The fourth-order valence-electron chi connectivity index (χ4n) is 1.43. The van der Waals surface area contributed by atoms with Crippen molar-refractivity contribution in [2.75, 3.05) is 6.61 Å². The molecule has 7 nitrogen and oxygen atoms in total. The number of ether oxygens (including phenoxy) is 1. The molecule has 0 amide bonds. The molecule has 8 heteroatoms. The summed E-state index contributed by atoms with van der Waals surface area (Å²) in [6.45, 7) is 1.46. The number of aliphatic hydroxyl groups is 2. The molecule has 0 aliphatic heterocycles. The molecule has 2 N–H and O–H groups in total. The summed E-state index contributed by atoms with van der Waals surface area (Å²) in [4.78, 5) is 20.8. The van der Waals surface area contributed by atoms with Gasteiger partial charge in [0.05, 0.1) is 11.5 Å². The molecule has 0 aliphatic carbocycles. The summed E-state index contributed by atoms with van der Waals surface area (Å²) < 4.78 is 18.2. The van der Waals surface area contributed by atoms with Crippen LogP contribution in [0.1, 0.15) is 18.6 Å². The van der Waals surface area contributed by atoms with Gasteiger partial charge in [0.25, 0.3) is 0 Å². The first-order valence-electron chi connectivity index (χ1n) is 5.35. The van der Waals surface area contributed by atoms with Crippen molar-refractivity contribution >= 4 is 11.7 Å². The third kappa shape index (κ3) is 3.24. The van der Waals surface area contributed by atoms with E-state index in [2.05, 4.69) is 4.74 Å². The van der Waals surface area contributed by atoms with E-state index < -0.39 is 40.2 Å². The van der Waals surface area contributed by atoms with Crippen LogP contribution in [0.5, 0.6) is 0 Å². The van der Waals surface area contributed by atoms with Gasteiger partial charge in [-0.1, -0.05) is 12.1 Å². The maximum Gasteiger partial charge on any atom is 0.338 e. The van der Waals surface area contributed by atoms with Crippen molar-refractivity contribution in [3.63, 3.8) is 0 Å². The molecule has 0 aromatic heterocycles. The van der Waals surface area contributed by atoms with Crippen molar-refractivity contribution in [3.05, 3.63) is 39.7 Å². The number of hydrogen-bond donors (Lipinski definition) is 2. The first kappa shape index (κ1) is 15.0. The SMILES string of the molecule is CCOC(=O)C(O)C(O)c1cccc([N+](=O)[O-])c1F. The molecule has 0 saturated carbocycles. The number of hydrogen-bond acceptors (Lipinski definition) is 6. The molecule has 0 fully saturated rings. The molecule has 0 heterocycles. The Kier molecular flexibility index (Phi) is 4.90. The molecule has 104 valence electrons. The average molecular weight is 273 g/mol. The number of nitro groups is 1. The van der Waals surface area contributed by atoms with Crippen LogP contribution in [-0.2, 0) is 9.53 Å². The van der Waals surface area contributed by atoms with Crippen LogP contribution in [0, 0.1) is 15.9 Å². The highest BCUT2D eigenvalue weighted by Gasteiger charge is 2.31. The highest BCUT2D eigenvalue weighted by Crippen LogP contribution is 2.27. The lowest BCUT2D eigenvalue weighted by Crippen LogP contribution is -2.30. The van der Waals surface area contributed by atoms with Gasteiger partial charge in [-0.15, -0.1) is 0 Å². The van der Waals surface area contributed by atoms with Crippen molar-refractivity contribution in [3.8, 4) is 0 Å². The zero-order chi connectivity index (χ0) is 14.6. The maximum atomic E-state index is 13.7. The predicted molar refractivity (Wildman–Crippen MR) is 60.7 cm³/mol.